The molecule has 0 spiro atoms. The Morgan fingerprint density at radius 2 is 2.06 bits per heavy atom. The zero-order chi connectivity index (χ0) is 12.6. The number of hydrogen-bond donors (Lipinski definition) is 1. The van der Waals surface area contributed by atoms with Crippen LogP contribution in [0.5, 0.6) is 0 Å². The van der Waals surface area contributed by atoms with Gasteiger partial charge in [-0.15, -0.1) is 0 Å². The van der Waals surface area contributed by atoms with Crippen LogP contribution in [-0.2, 0) is 4.74 Å². The molecule has 17 heavy (non-hydrogen) atoms. The van der Waals surface area contributed by atoms with E-state index >= 15 is 0 Å². The minimum absolute atomic E-state index is 0.0579. The van der Waals surface area contributed by atoms with Crippen molar-refractivity contribution in [1.82, 2.24) is 4.98 Å². The topological polar surface area (TPSA) is 48.1 Å². The van der Waals surface area contributed by atoms with E-state index in [-0.39, 0.29) is 30.0 Å². The Bertz CT molecular complexity index is 399. The molecule has 0 radical (unpaired) electrons. The quantitative estimate of drug-likeness (QED) is 0.860. The van der Waals surface area contributed by atoms with Crippen LogP contribution in [0.4, 0.5) is 4.39 Å². The van der Waals surface area contributed by atoms with Crippen molar-refractivity contribution in [2.45, 2.75) is 39.0 Å². The van der Waals surface area contributed by atoms with Gasteiger partial charge in [-0.1, -0.05) is 6.92 Å². The number of rotatable bonds is 2. The van der Waals surface area contributed by atoms with Crippen LogP contribution in [0.25, 0.3) is 0 Å². The van der Waals surface area contributed by atoms with Crippen molar-refractivity contribution in [3.8, 4) is 0 Å². The fraction of sp³-hybridized carbons (Fsp3) is 0.615. The van der Waals surface area contributed by atoms with Gasteiger partial charge in [0.15, 0.2) is 0 Å². The van der Waals surface area contributed by atoms with Crippen molar-refractivity contribution in [3.63, 3.8) is 0 Å². The van der Waals surface area contributed by atoms with E-state index in [1.165, 1.54) is 6.20 Å². The van der Waals surface area contributed by atoms with Gasteiger partial charge in [0.25, 0.3) is 0 Å². The fourth-order valence-corrected chi connectivity index (χ4v) is 2.78. The largest absolute Gasteiger partial charge is 0.375 e. The number of nitrogens with two attached hydrogens (primary N) is 1. The van der Waals surface area contributed by atoms with E-state index in [1.807, 2.05) is 13.8 Å². The third kappa shape index (κ3) is 2.19. The summed E-state index contributed by atoms with van der Waals surface area (Å²) in [6.07, 6.45) is 3.02. The first-order valence-electron chi connectivity index (χ1n) is 6.02. The minimum Gasteiger partial charge on any atom is -0.375 e. The molecule has 4 heteroatoms. The molecule has 0 saturated carbocycles. The zero-order valence-corrected chi connectivity index (χ0v) is 10.4. The fourth-order valence-electron chi connectivity index (χ4n) is 2.78. The lowest BCUT2D eigenvalue weighted by Gasteiger charge is -2.26. The lowest BCUT2D eigenvalue weighted by Crippen LogP contribution is -2.31. The summed E-state index contributed by atoms with van der Waals surface area (Å²) in [7, 11) is 0. The molecule has 2 N–H and O–H groups in total. The van der Waals surface area contributed by atoms with E-state index in [9.17, 15) is 4.39 Å². The first kappa shape index (κ1) is 12.5. The summed E-state index contributed by atoms with van der Waals surface area (Å²) in [5, 5.41) is 0. The molecule has 3 nitrogen and oxygen atoms in total. The van der Waals surface area contributed by atoms with Crippen LogP contribution in [0.15, 0.2) is 18.5 Å². The van der Waals surface area contributed by atoms with Gasteiger partial charge in [0, 0.05) is 23.7 Å². The van der Waals surface area contributed by atoms with Crippen LogP contribution in [0.1, 0.15) is 32.4 Å². The lowest BCUT2D eigenvalue weighted by molar-refractivity contribution is 0.0488. The van der Waals surface area contributed by atoms with Crippen LogP contribution in [0.2, 0.25) is 0 Å². The third-order valence-electron chi connectivity index (χ3n) is 3.90. The van der Waals surface area contributed by atoms with E-state index in [0.717, 1.165) is 0 Å². The second-order valence-corrected chi connectivity index (χ2v) is 4.91. The summed E-state index contributed by atoms with van der Waals surface area (Å²) in [4.78, 5) is 3.75. The average molecular weight is 238 g/mol. The molecule has 0 aliphatic carbocycles. The summed E-state index contributed by atoms with van der Waals surface area (Å²) in [5.41, 5.74) is 6.73. The monoisotopic (exact) mass is 238 g/mol. The highest BCUT2D eigenvalue weighted by Gasteiger charge is 2.41. The van der Waals surface area contributed by atoms with Gasteiger partial charge in [0.1, 0.15) is 5.82 Å². The Hall–Kier alpha value is -1.00. The predicted molar refractivity (Wildman–Crippen MR) is 63.8 cm³/mol. The minimum atomic E-state index is -0.340. The molecule has 2 heterocycles. The van der Waals surface area contributed by atoms with E-state index in [1.54, 1.807) is 12.3 Å². The second kappa shape index (κ2) is 4.70. The molecule has 1 aromatic rings. The number of nitrogens with zero attached hydrogens (tertiary/aromatic N) is 1. The summed E-state index contributed by atoms with van der Waals surface area (Å²) < 4.78 is 19.4. The Balaban J connectivity index is 2.26. The van der Waals surface area contributed by atoms with Crippen molar-refractivity contribution in [3.05, 3.63) is 29.8 Å². The van der Waals surface area contributed by atoms with Gasteiger partial charge in [-0.3, -0.25) is 4.98 Å². The van der Waals surface area contributed by atoms with Gasteiger partial charge in [-0.2, -0.15) is 0 Å². The van der Waals surface area contributed by atoms with Crippen molar-refractivity contribution in [2.75, 3.05) is 0 Å². The maximum atomic E-state index is 13.7. The van der Waals surface area contributed by atoms with Gasteiger partial charge in [0.05, 0.1) is 18.4 Å². The van der Waals surface area contributed by atoms with Gasteiger partial charge in [0.2, 0.25) is 0 Å². The standard InChI is InChI=1S/C13H19FN2O/c1-7-8(2)17-9(3)12(7)13(15)10-4-5-16-6-11(10)14/h4-9,12-13H,15H2,1-3H3. The van der Waals surface area contributed by atoms with Gasteiger partial charge < -0.3 is 10.5 Å². The molecule has 2 rings (SSSR count). The molecule has 1 aliphatic heterocycles. The van der Waals surface area contributed by atoms with Crippen LogP contribution in [0, 0.1) is 17.7 Å². The van der Waals surface area contributed by atoms with E-state index in [4.69, 9.17) is 10.5 Å². The Morgan fingerprint density at radius 3 is 2.59 bits per heavy atom. The Kier molecular flexibility index (Phi) is 3.45. The van der Waals surface area contributed by atoms with Crippen molar-refractivity contribution in [2.24, 2.45) is 17.6 Å². The molecule has 1 fully saturated rings. The highest BCUT2D eigenvalue weighted by Crippen LogP contribution is 2.39. The van der Waals surface area contributed by atoms with Gasteiger partial charge in [-0.25, -0.2) is 4.39 Å². The molecule has 1 aromatic heterocycles. The van der Waals surface area contributed by atoms with Crippen LogP contribution >= 0.6 is 0 Å². The number of aromatic nitrogens is 1. The van der Waals surface area contributed by atoms with Crippen LogP contribution in [0.3, 0.4) is 0 Å². The molecule has 1 saturated heterocycles. The molecule has 0 aromatic carbocycles. The van der Waals surface area contributed by atoms with Crippen molar-refractivity contribution >= 4 is 0 Å². The van der Waals surface area contributed by atoms with Gasteiger partial charge >= 0.3 is 0 Å². The van der Waals surface area contributed by atoms with Crippen molar-refractivity contribution < 1.29 is 9.13 Å². The van der Waals surface area contributed by atoms with Gasteiger partial charge in [-0.05, 0) is 25.8 Å². The first-order valence-corrected chi connectivity index (χ1v) is 6.02. The van der Waals surface area contributed by atoms with E-state index in [2.05, 4.69) is 11.9 Å². The smallest absolute Gasteiger partial charge is 0.146 e. The number of pyridine rings is 1. The summed E-state index contributed by atoms with van der Waals surface area (Å²) in [6, 6.07) is 1.32. The molecule has 5 atom stereocenters. The predicted octanol–water partition coefficient (Wildman–Crippen LogP) is 2.28. The van der Waals surface area contributed by atoms with E-state index in [0.29, 0.717) is 11.5 Å². The SMILES string of the molecule is CC1OC(C)C(C(N)c2ccncc2F)C1C. The summed E-state index contributed by atoms with van der Waals surface area (Å²) in [5.74, 6) is 0.133. The highest BCUT2D eigenvalue weighted by molar-refractivity contribution is 5.19. The maximum absolute atomic E-state index is 13.7. The molecule has 0 amide bonds. The molecule has 1 aliphatic rings. The zero-order valence-electron chi connectivity index (χ0n) is 10.4. The van der Waals surface area contributed by atoms with Crippen molar-refractivity contribution in [1.29, 1.82) is 0 Å². The summed E-state index contributed by atoms with van der Waals surface area (Å²) in [6.45, 7) is 6.15. The molecule has 94 valence electrons. The number of hydrogen-bond acceptors (Lipinski definition) is 3. The average Bonchev–Trinajstić information content (AvgIpc) is 2.53. The third-order valence-corrected chi connectivity index (χ3v) is 3.90. The molecule has 0 bridgehead atoms. The Labute approximate surface area is 101 Å². The number of halogens is 1. The lowest BCUT2D eigenvalue weighted by atomic mass is 9.81. The Morgan fingerprint density at radius 1 is 1.35 bits per heavy atom. The highest BCUT2D eigenvalue weighted by atomic mass is 19.1. The van der Waals surface area contributed by atoms with Crippen LogP contribution < -0.4 is 5.73 Å². The summed E-state index contributed by atoms with van der Waals surface area (Å²) >= 11 is 0. The van der Waals surface area contributed by atoms with Crippen LogP contribution in [-0.4, -0.2) is 17.2 Å². The number of ether oxygens (including phenoxy) is 1. The second-order valence-electron chi connectivity index (χ2n) is 4.91. The molecular formula is C13H19FN2O. The molecular weight excluding hydrogens is 219 g/mol. The van der Waals surface area contributed by atoms with E-state index < -0.39 is 0 Å². The molecule has 5 unspecified atom stereocenters. The maximum Gasteiger partial charge on any atom is 0.146 e. The first-order chi connectivity index (χ1) is 8.02. The normalized spacial score (nSPS) is 34.9.